The molecule has 0 radical (unpaired) electrons. The predicted octanol–water partition coefficient (Wildman–Crippen LogP) is 1.32. The number of nitrogens with zero attached hydrogens (tertiary/aromatic N) is 4. The molecule has 2 rings (SSSR count). The Hall–Kier alpha value is -1.69. The fourth-order valence-electron chi connectivity index (χ4n) is 1.07. The van der Waals surface area contributed by atoms with Gasteiger partial charge in [-0.3, -0.25) is 0 Å². The summed E-state index contributed by atoms with van der Waals surface area (Å²) in [6.45, 7) is 1.91. The third-order valence-corrected chi connectivity index (χ3v) is 2.10. The zero-order valence-corrected chi connectivity index (χ0v) is 8.69. The van der Waals surface area contributed by atoms with Gasteiger partial charge in [-0.15, -0.1) is 10.2 Å². The summed E-state index contributed by atoms with van der Waals surface area (Å²) in [6, 6.07) is 0. The average molecular weight is 226 g/mol. The van der Waals surface area contributed by atoms with Crippen LogP contribution in [0.15, 0.2) is 10.7 Å². The summed E-state index contributed by atoms with van der Waals surface area (Å²) in [5.41, 5.74) is 6.02. The first-order valence-electron chi connectivity index (χ1n) is 4.31. The molecule has 0 atom stereocenters. The van der Waals surface area contributed by atoms with Gasteiger partial charge in [-0.25, -0.2) is 9.97 Å². The largest absolute Gasteiger partial charge is 0.420 e. The van der Waals surface area contributed by atoms with E-state index < -0.39 is 0 Å². The number of anilines is 1. The van der Waals surface area contributed by atoms with Crippen molar-refractivity contribution < 1.29 is 4.42 Å². The van der Waals surface area contributed by atoms with Gasteiger partial charge in [0.25, 0.3) is 5.89 Å². The van der Waals surface area contributed by atoms with Crippen molar-refractivity contribution >= 4 is 17.4 Å². The number of aromatic nitrogens is 4. The topological polar surface area (TPSA) is 90.7 Å². The van der Waals surface area contributed by atoms with Crippen molar-refractivity contribution in [3.05, 3.63) is 17.4 Å². The van der Waals surface area contributed by atoms with Crippen LogP contribution in [0, 0.1) is 0 Å². The first-order valence-corrected chi connectivity index (χ1v) is 4.69. The molecule has 15 heavy (non-hydrogen) atoms. The van der Waals surface area contributed by atoms with Gasteiger partial charge in [0, 0.05) is 6.42 Å². The van der Waals surface area contributed by atoms with Gasteiger partial charge in [-0.05, 0) is 0 Å². The van der Waals surface area contributed by atoms with Crippen molar-refractivity contribution in [2.24, 2.45) is 0 Å². The SMILES string of the molecule is CCc1nnc(-c2c(N)ncnc2Cl)o1. The number of hydrogen-bond acceptors (Lipinski definition) is 6. The van der Waals surface area contributed by atoms with E-state index in [2.05, 4.69) is 20.2 Å². The monoisotopic (exact) mass is 225 g/mol. The van der Waals surface area contributed by atoms with Crippen LogP contribution in [0.3, 0.4) is 0 Å². The third-order valence-electron chi connectivity index (χ3n) is 1.81. The lowest BCUT2D eigenvalue weighted by Gasteiger charge is -1.99. The number of aryl methyl sites for hydroxylation is 1. The Morgan fingerprint density at radius 1 is 1.40 bits per heavy atom. The molecule has 0 saturated carbocycles. The minimum atomic E-state index is 0.203. The molecular weight excluding hydrogens is 218 g/mol. The molecular formula is C8H8ClN5O. The summed E-state index contributed by atoms with van der Waals surface area (Å²) in [4.78, 5) is 7.60. The second kappa shape index (κ2) is 3.82. The van der Waals surface area contributed by atoms with Crippen LogP contribution >= 0.6 is 11.6 Å². The smallest absolute Gasteiger partial charge is 0.254 e. The summed E-state index contributed by atoms with van der Waals surface area (Å²) in [7, 11) is 0. The Morgan fingerprint density at radius 2 is 2.20 bits per heavy atom. The molecule has 0 saturated heterocycles. The fourth-order valence-corrected chi connectivity index (χ4v) is 1.29. The van der Waals surface area contributed by atoms with Gasteiger partial charge >= 0.3 is 0 Å². The second-order valence-corrected chi connectivity index (χ2v) is 3.14. The van der Waals surface area contributed by atoms with Crippen LogP contribution in [-0.2, 0) is 6.42 Å². The maximum Gasteiger partial charge on any atom is 0.254 e. The highest BCUT2D eigenvalue weighted by molar-refractivity contribution is 6.32. The zero-order valence-electron chi connectivity index (χ0n) is 7.94. The molecule has 0 amide bonds. The van der Waals surface area contributed by atoms with Crippen LogP contribution in [0.25, 0.3) is 11.5 Å². The van der Waals surface area contributed by atoms with Crippen LogP contribution in [-0.4, -0.2) is 20.2 Å². The maximum atomic E-state index is 5.86. The Morgan fingerprint density at radius 3 is 2.80 bits per heavy atom. The van der Waals surface area contributed by atoms with Crippen LogP contribution in [0.2, 0.25) is 5.15 Å². The second-order valence-electron chi connectivity index (χ2n) is 2.78. The molecule has 0 aliphatic heterocycles. The number of hydrogen-bond donors (Lipinski definition) is 1. The van der Waals surface area contributed by atoms with E-state index in [-0.39, 0.29) is 16.9 Å². The van der Waals surface area contributed by atoms with Gasteiger partial charge in [0.1, 0.15) is 22.9 Å². The van der Waals surface area contributed by atoms with E-state index in [9.17, 15) is 0 Å². The normalized spacial score (nSPS) is 10.5. The van der Waals surface area contributed by atoms with Gasteiger partial charge in [-0.2, -0.15) is 0 Å². The molecule has 2 N–H and O–H groups in total. The summed E-state index contributed by atoms with van der Waals surface area (Å²) < 4.78 is 5.31. The Balaban J connectivity index is 2.53. The molecule has 0 aliphatic rings. The minimum Gasteiger partial charge on any atom is -0.420 e. The van der Waals surface area contributed by atoms with Crippen molar-refractivity contribution in [1.29, 1.82) is 0 Å². The number of nitrogens with two attached hydrogens (primary N) is 1. The van der Waals surface area contributed by atoms with Gasteiger partial charge in [0.15, 0.2) is 0 Å². The predicted molar refractivity (Wildman–Crippen MR) is 54.1 cm³/mol. The van der Waals surface area contributed by atoms with E-state index in [1.807, 2.05) is 6.92 Å². The van der Waals surface area contributed by atoms with E-state index in [1.165, 1.54) is 6.33 Å². The third kappa shape index (κ3) is 1.75. The lowest BCUT2D eigenvalue weighted by atomic mass is 10.3. The van der Waals surface area contributed by atoms with Gasteiger partial charge in [0.05, 0.1) is 0 Å². The van der Waals surface area contributed by atoms with Crippen LogP contribution < -0.4 is 5.73 Å². The quantitative estimate of drug-likeness (QED) is 0.776. The van der Waals surface area contributed by atoms with E-state index >= 15 is 0 Å². The molecule has 6 nitrogen and oxygen atoms in total. The van der Waals surface area contributed by atoms with Crippen molar-refractivity contribution in [3.63, 3.8) is 0 Å². The van der Waals surface area contributed by atoms with E-state index in [4.69, 9.17) is 21.8 Å². The Kier molecular flexibility index (Phi) is 2.51. The maximum absolute atomic E-state index is 5.86. The molecule has 0 fully saturated rings. The molecule has 0 bridgehead atoms. The summed E-state index contributed by atoms with van der Waals surface area (Å²) in [5, 5.41) is 7.83. The van der Waals surface area contributed by atoms with Crippen molar-refractivity contribution in [2.75, 3.05) is 5.73 Å². The highest BCUT2D eigenvalue weighted by Gasteiger charge is 2.16. The first-order chi connectivity index (χ1) is 7.22. The van der Waals surface area contributed by atoms with Gasteiger partial charge in [-0.1, -0.05) is 18.5 Å². The molecule has 0 aliphatic carbocycles. The van der Waals surface area contributed by atoms with Crippen LogP contribution in [0.5, 0.6) is 0 Å². The van der Waals surface area contributed by atoms with E-state index in [0.717, 1.165) is 0 Å². The Labute approximate surface area is 90.5 Å². The highest BCUT2D eigenvalue weighted by atomic mass is 35.5. The van der Waals surface area contributed by atoms with E-state index in [1.54, 1.807) is 0 Å². The molecule has 2 aromatic heterocycles. The van der Waals surface area contributed by atoms with Gasteiger partial charge in [0.2, 0.25) is 5.89 Å². The van der Waals surface area contributed by atoms with Gasteiger partial charge < -0.3 is 10.2 Å². The number of halogens is 1. The number of nitrogen functional groups attached to an aromatic ring is 1. The molecule has 0 aromatic carbocycles. The molecule has 78 valence electrons. The lowest BCUT2D eigenvalue weighted by Crippen LogP contribution is -1.96. The standard InChI is InChI=1S/C8H8ClN5O/c1-2-4-13-14-8(15-4)5-6(9)11-3-12-7(5)10/h3H,2H2,1H3,(H2,10,11,12). The van der Waals surface area contributed by atoms with Crippen molar-refractivity contribution in [2.45, 2.75) is 13.3 Å². The number of rotatable bonds is 2. The molecule has 2 aromatic rings. The highest BCUT2D eigenvalue weighted by Crippen LogP contribution is 2.28. The molecule has 0 unspecified atom stereocenters. The molecule has 7 heteroatoms. The zero-order chi connectivity index (χ0) is 10.8. The summed E-state index contributed by atoms with van der Waals surface area (Å²) >= 11 is 5.86. The van der Waals surface area contributed by atoms with Crippen molar-refractivity contribution in [1.82, 2.24) is 20.2 Å². The Bertz CT molecular complexity index is 463. The minimum absolute atomic E-state index is 0.203. The first kappa shape index (κ1) is 9.85. The van der Waals surface area contributed by atoms with E-state index in [0.29, 0.717) is 17.9 Å². The fraction of sp³-hybridized carbons (Fsp3) is 0.250. The lowest BCUT2D eigenvalue weighted by molar-refractivity contribution is 0.512. The van der Waals surface area contributed by atoms with Crippen LogP contribution in [0.1, 0.15) is 12.8 Å². The molecule has 0 spiro atoms. The molecule has 2 heterocycles. The average Bonchev–Trinajstić information content (AvgIpc) is 2.66. The summed E-state index contributed by atoms with van der Waals surface area (Å²) in [6.07, 6.45) is 1.93. The van der Waals surface area contributed by atoms with Crippen LogP contribution in [0.4, 0.5) is 5.82 Å². The summed E-state index contributed by atoms with van der Waals surface area (Å²) in [5.74, 6) is 0.987. The van der Waals surface area contributed by atoms with Crippen molar-refractivity contribution in [3.8, 4) is 11.5 Å².